The number of aryl methyl sites for hydroxylation is 1. The van der Waals surface area contributed by atoms with E-state index in [1.54, 1.807) is 6.20 Å². The Morgan fingerprint density at radius 1 is 1.22 bits per heavy atom. The maximum Gasteiger partial charge on any atom is 0.221 e. The molecule has 0 unspecified atom stereocenters. The largest absolute Gasteiger partial charge is 0.383 e. The fraction of sp³-hybridized carbons (Fsp3) is 0.474. The number of carbonyl (C=O) groups is 1. The van der Waals surface area contributed by atoms with E-state index in [0.29, 0.717) is 5.95 Å². The monoisotopic (exact) mass is 373 g/mol. The molecule has 4 N–H and O–H groups in total. The molecule has 1 amide bonds. The highest BCUT2D eigenvalue weighted by molar-refractivity contribution is 5.90. The molecule has 8 nitrogen and oxygen atoms in total. The lowest BCUT2D eigenvalue weighted by Gasteiger charge is -2.29. The molecule has 0 radical (unpaired) electrons. The third kappa shape index (κ3) is 6.49. The van der Waals surface area contributed by atoms with E-state index in [1.165, 1.54) is 6.92 Å². The number of nitrogens with one attached hydrogen (secondary N) is 4. The first-order valence-electron chi connectivity index (χ1n) is 8.96. The molecule has 0 aliphatic rings. The summed E-state index contributed by atoms with van der Waals surface area (Å²) in [5, 5.41) is 6.33. The van der Waals surface area contributed by atoms with Crippen molar-refractivity contribution in [1.29, 1.82) is 0 Å². The summed E-state index contributed by atoms with van der Waals surface area (Å²) in [5.74, 6) is 0.588. The van der Waals surface area contributed by atoms with Crippen molar-refractivity contribution in [3.05, 3.63) is 30.6 Å². The first-order chi connectivity index (χ1) is 12.7. The molecule has 2 rings (SSSR count). The van der Waals surface area contributed by atoms with Crippen molar-refractivity contribution in [3.8, 4) is 0 Å². The second-order valence-electron chi connectivity index (χ2n) is 7.81. The summed E-state index contributed by atoms with van der Waals surface area (Å²) in [6.07, 6.45) is 3.58. The molecule has 0 aliphatic carbocycles. The lowest BCUT2D eigenvalue weighted by Crippen LogP contribution is -2.34. The Morgan fingerprint density at radius 2 is 1.96 bits per heavy atom. The van der Waals surface area contributed by atoms with E-state index in [-0.39, 0.29) is 11.3 Å². The number of aromatic nitrogens is 2. The van der Waals surface area contributed by atoms with E-state index in [4.69, 9.17) is 0 Å². The van der Waals surface area contributed by atoms with Gasteiger partial charge in [-0.2, -0.15) is 0 Å². The van der Waals surface area contributed by atoms with E-state index in [9.17, 15) is 4.79 Å². The maximum absolute atomic E-state index is 11.4. The van der Waals surface area contributed by atoms with E-state index in [0.717, 1.165) is 30.2 Å². The van der Waals surface area contributed by atoms with Crippen LogP contribution in [0.2, 0.25) is 0 Å². The number of hydrogen-bond acceptors (Lipinski definition) is 6. The van der Waals surface area contributed by atoms with Gasteiger partial charge in [-0.15, -0.1) is 0 Å². The Kier molecular flexibility index (Phi) is 6.68. The average molecular weight is 374 g/mol. The van der Waals surface area contributed by atoms with Gasteiger partial charge in [-0.3, -0.25) is 15.6 Å². The molecular formula is C19H31N7O. The molecule has 0 fully saturated rings. The predicted octanol–water partition coefficient (Wildman–Crippen LogP) is 2.82. The summed E-state index contributed by atoms with van der Waals surface area (Å²) in [7, 11) is 6.06. The number of nitrogens with zero attached hydrogens (tertiary/aromatic N) is 3. The summed E-state index contributed by atoms with van der Waals surface area (Å²) in [4.78, 5) is 17.8. The molecule has 0 spiro atoms. The zero-order valence-corrected chi connectivity index (χ0v) is 17.1. The van der Waals surface area contributed by atoms with Crippen LogP contribution in [0.1, 0.15) is 20.8 Å². The van der Waals surface area contributed by atoms with Gasteiger partial charge in [-0.05, 0) is 37.7 Å². The molecule has 0 saturated heterocycles. The van der Waals surface area contributed by atoms with Crippen LogP contribution in [0.5, 0.6) is 0 Å². The van der Waals surface area contributed by atoms with Crippen LogP contribution in [0.4, 0.5) is 23.0 Å². The molecule has 0 atom stereocenters. The Labute approximate surface area is 161 Å². The van der Waals surface area contributed by atoms with E-state index in [1.807, 2.05) is 36.0 Å². The molecule has 0 saturated carbocycles. The van der Waals surface area contributed by atoms with E-state index in [2.05, 4.69) is 59.3 Å². The van der Waals surface area contributed by atoms with Crippen LogP contribution < -0.4 is 21.5 Å². The first-order valence-corrected chi connectivity index (χ1v) is 8.96. The van der Waals surface area contributed by atoms with Crippen molar-refractivity contribution >= 4 is 28.9 Å². The van der Waals surface area contributed by atoms with Gasteiger partial charge in [0.05, 0.1) is 11.4 Å². The highest BCUT2D eigenvalue weighted by Crippen LogP contribution is 2.28. The highest BCUT2D eigenvalue weighted by atomic mass is 16.1. The smallest absolute Gasteiger partial charge is 0.221 e. The van der Waals surface area contributed by atoms with E-state index < -0.39 is 0 Å². The lowest BCUT2D eigenvalue weighted by molar-refractivity contribution is -0.114. The molecule has 0 aliphatic heterocycles. The Bertz CT molecular complexity index is 767. The molecule has 2 aromatic rings. The minimum atomic E-state index is -0.106. The van der Waals surface area contributed by atoms with Gasteiger partial charge in [0.1, 0.15) is 0 Å². The summed E-state index contributed by atoms with van der Waals surface area (Å²) in [5.41, 5.74) is 8.88. The van der Waals surface area contributed by atoms with Crippen molar-refractivity contribution in [3.63, 3.8) is 0 Å². The zero-order valence-electron chi connectivity index (χ0n) is 17.1. The minimum Gasteiger partial charge on any atom is -0.383 e. The van der Waals surface area contributed by atoms with Gasteiger partial charge in [-0.25, -0.2) is 4.98 Å². The van der Waals surface area contributed by atoms with Crippen LogP contribution in [0.3, 0.4) is 0 Å². The summed E-state index contributed by atoms with van der Waals surface area (Å²) in [6, 6.07) is 5.73. The molecule has 1 aromatic carbocycles. The van der Waals surface area contributed by atoms with Crippen LogP contribution in [0.15, 0.2) is 30.6 Å². The molecule has 0 bridgehead atoms. The van der Waals surface area contributed by atoms with Crippen molar-refractivity contribution in [2.75, 3.05) is 48.7 Å². The molecule has 8 heteroatoms. The topological polar surface area (TPSA) is 86.2 Å². The average Bonchev–Trinajstić information content (AvgIpc) is 2.95. The minimum absolute atomic E-state index is 0.101. The van der Waals surface area contributed by atoms with Gasteiger partial charge in [0.2, 0.25) is 11.9 Å². The molecular weight excluding hydrogens is 342 g/mol. The number of hydrogen-bond donors (Lipinski definition) is 4. The van der Waals surface area contributed by atoms with Gasteiger partial charge in [0, 0.05) is 45.1 Å². The third-order valence-corrected chi connectivity index (χ3v) is 3.97. The van der Waals surface area contributed by atoms with Crippen molar-refractivity contribution in [2.45, 2.75) is 20.8 Å². The fourth-order valence-electron chi connectivity index (χ4n) is 2.94. The van der Waals surface area contributed by atoms with Crippen LogP contribution in [-0.2, 0) is 11.8 Å². The number of amides is 1. The van der Waals surface area contributed by atoms with E-state index >= 15 is 0 Å². The molecule has 148 valence electrons. The van der Waals surface area contributed by atoms with Gasteiger partial charge < -0.3 is 20.1 Å². The quantitative estimate of drug-likeness (QED) is 0.506. The summed E-state index contributed by atoms with van der Waals surface area (Å²) in [6.45, 7) is 7.73. The SMILES string of the molecule is CC(=O)Nc1ccc(NCC(C)(C)CN(C)C)c(NNc2nccn2C)c1. The highest BCUT2D eigenvalue weighted by Gasteiger charge is 2.19. The van der Waals surface area contributed by atoms with Gasteiger partial charge in [0.25, 0.3) is 0 Å². The lowest BCUT2D eigenvalue weighted by atomic mass is 9.93. The van der Waals surface area contributed by atoms with Crippen LogP contribution in [0.25, 0.3) is 0 Å². The van der Waals surface area contributed by atoms with Crippen molar-refractivity contribution in [2.24, 2.45) is 12.5 Å². The fourth-order valence-corrected chi connectivity index (χ4v) is 2.94. The zero-order chi connectivity index (χ0) is 20.0. The molecule has 27 heavy (non-hydrogen) atoms. The van der Waals surface area contributed by atoms with Crippen LogP contribution >= 0.6 is 0 Å². The Morgan fingerprint density at radius 3 is 2.56 bits per heavy atom. The molecule has 1 aromatic heterocycles. The number of anilines is 4. The summed E-state index contributed by atoms with van der Waals surface area (Å²) >= 11 is 0. The number of hydrazine groups is 1. The van der Waals surface area contributed by atoms with Gasteiger partial charge >= 0.3 is 0 Å². The first kappa shape index (κ1) is 20.6. The van der Waals surface area contributed by atoms with Crippen molar-refractivity contribution < 1.29 is 4.79 Å². The second kappa shape index (κ2) is 8.77. The normalized spacial score (nSPS) is 11.4. The number of carbonyl (C=O) groups excluding carboxylic acids is 1. The van der Waals surface area contributed by atoms with Crippen molar-refractivity contribution in [1.82, 2.24) is 14.5 Å². The second-order valence-corrected chi connectivity index (χ2v) is 7.81. The van der Waals surface area contributed by atoms with Crippen LogP contribution in [0, 0.1) is 5.41 Å². The van der Waals surface area contributed by atoms with Gasteiger partial charge in [0.15, 0.2) is 0 Å². The number of imidazole rings is 1. The maximum atomic E-state index is 11.4. The van der Waals surface area contributed by atoms with Crippen LogP contribution in [-0.4, -0.2) is 47.5 Å². The standard InChI is InChI=1S/C19H31N7O/c1-14(27)22-15-7-8-16(21-12-19(2,3)13-25(4)5)17(11-15)23-24-18-20-9-10-26(18)6/h7-11,21,23H,12-13H2,1-6H3,(H,20,24)(H,22,27). The number of rotatable bonds is 9. The molecule has 1 heterocycles. The Balaban J connectivity index is 2.16. The number of benzene rings is 1. The Hall–Kier alpha value is -2.74. The van der Waals surface area contributed by atoms with Gasteiger partial charge in [-0.1, -0.05) is 13.8 Å². The predicted molar refractivity (Wildman–Crippen MR) is 112 cm³/mol. The summed E-state index contributed by atoms with van der Waals surface area (Å²) < 4.78 is 1.87. The third-order valence-electron chi connectivity index (χ3n) is 3.97.